The fourth-order valence-electron chi connectivity index (χ4n) is 1.08. The molecular formula is C10H20N2O5. The number of aliphatic carboxylic acids is 1. The van der Waals surface area contributed by atoms with Gasteiger partial charge in [0.15, 0.2) is 0 Å². The lowest BCUT2D eigenvalue weighted by atomic mass is 10.3. The summed E-state index contributed by atoms with van der Waals surface area (Å²) in [6.07, 6.45) is 0. The fourth-order valence-corrected chi connectivity index (χ4v) is 1.08. The highest BCUT2D eigenvalue weighted by Gasteiger charge is 2.17. The molecule has 0 fully saturated rings. The Labute approximate surface area is 100 Å². The predicted molar refractivity (Wildman–Crippen MR) is 60.8 cm³/mol. The first kappa shape index (κ1) is 15.8. The van der Waals surface area contributed by atoms with E-state index >= 15 is 0 Å². The number of hydrogen-bond donors (Lipinski definition) is 3. The third-order valence-corrected chi connectivity index (χ3v) is 1.88. The summed E-state index contributed by atoms with van der Waals surface area (Å²) in [5, 5.41) is 14.0. The topological polar surface area (TPSA) is 96.9 Å². The van der Waals surface area contributed by atoms with Gasteiger partial charge in [-0.1, -0.05) is 0 Å². The molecule has 0 saturated carbocycles. The summed E-state index contributed by atoms with van der Waals surface area (Å²) in [7, 11) is 1.59. The number of methoxy groups -OCH3 is 1. The molecule has 0 spiro atoms. The number of carbonyl (C=O) groups is 2. The van der Waals surface area contributed by atoms with Crippen LogP contribution in [-0.2, 0) is 19.1 Å². The van der Waals surface area contributed by atoms with Crippen LogP contribution < -0.4 is 10.6 Å². The summed E-state index contributed by atoms with van der Waals surface area (Å²) in [5.41, 5.74) is 0. The summed E-state index contributed by atoms with van der Waals surface area (Å²) >= 11 is 0. The van der Waals surface area contributed by atoms with Crippen LogP contribution in [0.1, 0.15) is 6.92 Å². The monoisotopic (exact) mass is 248 g/mol. The minimum Gasteiger partial charge on any atom is -0.480 e. The van der Waals surface area contributed by atoms with Gasteiger partial charge in [-0.3, -0.25) is 4.79 Å². The smallest absolute Gasteiger partial charge is 0.327 e. The van der Waals surface area contributed by atoms with Crippen LogP contribution in [0.15, 0.2) is 0 Å². The molecule has 100 valence electrons. The fraction of sp³-hybridized carbons (Fsp3) is 0.800. The van der Waals surface area contributed by atoms with Crippen LogP contribution in [0.2, 0.25) is 0 Å². The number of hydrogen-bond acceptors (Lipinski definition) is 5. The zero-order chi connectivity index (χ0) is 13.1. The molecule has 0 saturated heterocycles. The third kappa shape index (κ3) is 9.73. The van der Waals surface area contributed by atoms with Crippen LogP contribution in [-0.4, -0.2) is 63.0 Å². The van der Waals surface area contributed by atoms with Crippen molar-refractivity contribution in [2.45, 2.75) is 13.0 Å². The van der Waals surface area contributed by atoms with Gasteiger partial charge in [-0.25, -0.2) is 4.79 Å². The summed E-state index contributed by atoms with van der Waals surface area (Å²) in [5.74, 6) is -1.43. The molecule has 0 aliphatic heterocycles. The largest absolute Gasteiger partial charge is 0.480 e. The quantitative estimate of drug-likeness (QED) is 0.421. The standard InChI is InChI=1S/C10H20N2O5/c1-8(13)12-9(10(14)15)7-11-3-4-17-6-5-16-2/h9,11H,3-7H2,1-2H3,(H,12,13)(H,14,15). The highest BCUT2D eigenvalue weighted by molar-refractivity contribution is 5.82. The van der Waals surface area contributed by atoms with Crippen molar-refractivity contribution in [3.63, 3.8) is 0 Å². The Bertz CT molecular complexity index is 235. The number of carbonyl (C=O) groups excluding carboxylic acids is 1. The van der Waals surface area contributed by atoms with Gasteiger partial charge in [0.2, 0.25) is 5.91 Å². The molecule has 0 radical (unpaired) electrons. The number of carboxylic acids is 1. The summed E-state index contributed by atoms with van der Waals surface area (Å²) in [6.45, 7) is 3.48. The van der Waals surface area contributed by atoms with Gasteiger partial charge in [0, 0.05) is 27.1 Å². The number of ether oxygens (including phenoxy) is 2. The Hall–Kier alpha value is -1.18. The van der Waals surface area contributed by atoms with Crippen molar-refractivity contribution in [2.24, 2.45) is 0 Å². The molecule has 3 N–H and O–H groups in total. The van der Waals surface area contributed by atoms with Gasteiger partial charge in [-0.05, 0) is 0 Å². The van der Waals surface area contributed by atoms with Crippen LogP contribution in [0.25, 0.3) is 0 Å². The molecule has 0 aliphatic carbocycles. The van der Waals surface area contributed by atoms with Crippen molar-refractivity contribution < 1.29 is 24.2 Å². The van der Waals surface area contributed by atoms with Crippen molar-refractivity contribution >= 4 is 11.9 Å². The summed E-state index contributed by atoms with van der Waals surface area (Å²) in [4.78, 5) is 21.5. The maximum absolute atomic E-state index is 10.7. The molecule has 1 unspecified atom stereocenters. The van der Waals surface area contributed by atoms with E-state index in [9.17, 15) is 9.59 Å². The third-order valence-electron chi connectivity index (χ3n) is 1.88. The zero-order valence-corrected chi connectivity index (χ0v) is 10.2. The first-order valence-corrected chi connectivity index (χ1v) is 5.35. The lowest BCUT2D eigenvalue weighted by molar-refractivity contribution is -0.141. The Kier molecular flexibility index (Phi) is 9.31. The molecule has 0 bridgehead atoms. The lowest BCUT2D eigenvalue weighted by Gasteiger charge is -2.14. The minimum absolute atomic E-state index is 0.169. The van der Waals surface area contributed by atoms with Gasteiger partial charge in [0.1, 0.15) is 6.04 Å². The Balaban J connectivity index is 3.55. The average molecular weight is 248 g/mol. The number of amides is 1. The molecule has 7 nitrogen and oxygen atoms in total. The Morgan fingerprint density at radius 1 is 1.29 bits per heavy atom. The van der Waals surface area contributed by atoms with Crippen molar-refractivity contribution in [3.05, 3.63) is 0 Å². The van der Waals surface area contributed by atoms with Gasteiger partial charge in [0.05, 0.1) is 19.8 Å². The molecular weight excluding hydrogens is 228 g/mol. The molecule has 1 atom stereocenters. The molecule has 17 heavy (non-hydrogen) atoms. The molecule has 0 rings (SSSR count). The van der Waals surface area contributed by atoms with E-state index in [2.05, 4.69) is 10.6 Å². The van der Waals surface area contributed by atoms with E-state index < -0.39 is 12.0 Å². The van der Waals surface area contributed by atoms with Gasteiger partial charge in [-0.2, -0.15) is 0 Å². The second kappa shape index (κ2) is 10.0. The maximum atomic E-state index is 10.7. The highest BCUT2D eigenvalue weighted by atomic mass is 16.5. The summed E-state index contributed by atoms with van der Waals surface area (Å²) in [6, 6.07) is -0.911. The molecule has 1 amide bonds. The van der Waals surface area contributed by atoms with Crippen molar-refractivity contribution in [3.8, 4) is 0 Å². The van der Waals surface area contributed by atoms with Crippen molar-refractivity contribution in [1.29, 1.82) is 0 Å². The van der Waals surface area contributed by atoms with E-state index in [-0.39, 0.29) is 12.5 Å². The second-order valence-corrected chi connectivity index (χ2v) is 3.40. The van der Waals surface area contributed by atoms with Gasteiger partial charge < -0.3 is 25.2 Å². The Morgan fingerprint density at radius 2 is 2.00 bits per heavy atom. The van der Waals surface area contributed by atoms with Gasteiger partial charge >= 0.3 is 5.97 Å². The molecule has 0 heterocycles. The molecule has 0 aromatic heterocycles. The van der Waals surface area contributed by atoms with E-state index in [0.717, 1.165) is 0 Å². The molecule has 7 heteroatoms. The summed E-state index contributed by atoms with van der Waals surface area (Å²) < 4.78 is 9.97. The zero-order valence-electron chi connectivity index (χ0n) is 10.2. The normalized spacial score (nSPS) is 12.1. The van der Waals surface area contributed by atoms with Crippen LogP contribution in [0.3, 0.4) is 0 Å². The second-order valence-electron chi connectivity index (χ2n) is 3.40. The number of rotatable bonds is 10. The molecule has 0 aromatic rings. The van der Waals surface area contributed by atoms with E-state index in [4.69, 9.17) is 14.6 Å². The van der Waals surface area contributed by atoms with Crippen LogP contribution in [0.4, 0.5) is 0 Å². The van der Waals surface area contributed by atoms with Crippen molar-refractivity contribution in [2.75, 3.05) is 40.0 Å². The van der Waals surface area contributed by atoms with Gasteiger partial charge in [0.25, 0.3) is 0 Å². The van der Waals surface area contributed by atoms with E-state index in [1.807, 2.05) is 0 Å². The molecule has 0 aromatic carbocycles. The SMILES string of the molecule is COCCOCCNCC(NC(C)=O)C(=O)O. The van der Waals surface area contributed by atoms with Crippen LogP contribution in [0, 0.1) is 0 Å². The molecule has 0 aliphatic rings. The highest BCUT2D eigenvalue weighted by Crippen LogP contribution is 1.83. The van der Waals surface area contributed by atoms with Crippen LogP contribution in [0.5, 0.6) is 0 Å². The lowest BCUT2D eigenvalue weighted by Crippen LogP contribution is -2.47. The van der Waals surface area contributed by atoms with Crippen molar-refractivity contribution in [1.82, 2.24) is 10.6 Å². The van der Waals surface area contributed by atoms with Crippen LogP contribution >= 0.6 is 0 Å². The first-order valence-electron chi connectivity index (χ1n) is 5.35. The Morgan fingerprint density at radius 3 is 2.53 bits per heavy atom. The van der Waals surface area contributed by atoms with E-state index in [1.54, 1.807) is 7.11 Å². The number of nitrogens with one attached hydrogen (secondary N) is 2. The average Bonchev–Trinajstić information content (AvgIpc) is 2.25. The minimum atomic E-state index is -1.06. The van der Waals surface area contributed by atoms with E-state index in [0.29, 0.717) is 26.4 Å². The first-order chi connectivity index (χ1) is 8.07. The maximum Gasteiger partial charge on any atom is 0.327 e. The van der Waals surface area contributed by atoms with E-state index in [1.165, 1.54) is 6.92 Å². The number of carboxylic acid groups (broad SMARTS) is 1. The predicted octanol–water partition coefficient (Wildman–Crippen LogP) is -1.17. The van der Waals surface area contributed by atoms with Gasteiger partial charge in [-0.15, -0.1) is 0 Å².